The molecule has 0 aliphatic rings. The molecule has 0 saturated carbocycles. The molecular weight excluding hydrogens is 440 g/mol. The van der Waals surface area contributed by atoms with Crippen LogP contribution in [0.2, 0.25) is 0 Å². The predicted octanol–water partition coefficient (Wildman–Crippen LogP) is 4.63. The van der Waals surface area contributed by atoms with Crippen LogP contribution in [0.15, 0.2) is 0 Å². The van der Waals surface area contributed by atoms with Crippen molar-refractivity contribution in [2.24, 2.45) is 0 Å². The number of aliphatic carboxylic acids is 1. The van der Waals surface area contributed by atoms with Crippen LogP contribution in [0.3, 0.4) is 0 Å². The third-order valence-corrected chi connectivity index (χ3v) is 6.44. The second kappa shape index (κ2) is 17.0. The van der Waals surface area contributed by atoms with Crippen molar-refractivity contribution in [2.45, 2.75) is 115 Å². The fourth-order valence-corrected chi connectivity index (χ4v) is 4.23. The van der Waals surface area contributed by atoms with Gasteiger partial charge in [-0.15, -0.1) is 0 Å². The quantitative estimate of drug-likeness (QED) is 0.110. The van der Waals surface area contributed by atoms with Gasteiger partial charge < -0.3 is 14.6 Å². The molecule has 1 unspecified atom stereocenters. The SMILES string of the molecule is CCCCCCCCCCCCCCCC(=O)OC(=O)C(CC(=O)O)(OCC)S(=O)(=O)O. The predicted molar refractivity (Wildman–Crippen MR) is 120 cm³/mol. The van der Waals surface area contributed by atoms with Crippen LogP contribution in [0.25, 0.3) is 0 Å². The molecule has 0 aliphatic carbocycles. The zero-order valence-corrected chi connectivity index (χ0v) is 20.3. The number of hydrogen-bond acceptors (Lipinski definition) is 7. The molecule has 188 valence electrons. The molecule has 9 nitrogen and oxygen atoms in total. The molecule has 0 amide bonds. The number of carboxylic acid groups (broad SMARTS) is 1. The Kier molecular flexibility index (Phi) is 16.2. The highest BCUT2D eigenvalue weighted by Gasteiger charge is 2.55. The zero-order chi connectivity index (χ0) is 24.5. The summed E-state index contributed by atoms with van der Waals surface area (Å²) in [6, 6.07) is 0. The van der Waals surface area contributed by atoms with E-state index in [-0.39, 0.29) is 6.42 Å². The molecule has 0 aromatic rings. The molecular formula is C22H40O9S. The van der Waals surface area contributed by atoms with Crippen LogP contribution >= 0.6 is 0 Å². The minimum Gasteiger partial charge on any atom is -0.481 e. The van der Waals surface area contributed by atoms with Gasteiger partial charge in [0.2, 0.25) is 0 Å². The van der Waals surface area contributed by atoms with Crippen LogP contribution in [0, 0.1) is 0 Å². The van der Waals surface area contributed by atoms with E-state index in [1.54, 1.807) is 0 Å². The van der Waals surface area contributed by atoms with Gasteiger partial charge in [0.1, 0.15) is 6.42 Å². The van der Waals surface area contributed by atoms with Gasteiger partial charge in [-0.25, -0.2) is 4.79 Å². The molecule has 0 rings (SSSR count). The maximum Gasteiger partial charge on any atom is 0.365 e. The van der Waals surface area contributed by atoms with Crippen molar-refractivity contribution in [3.05, 3.63) is 0 Å². The first-order chi connectivity index (χ1) is 15.1. The normalized spacial score (nSPS) is 13.5. The van der Waals surface area contributed by atoms with Gasteiger partial charge in [-0.2, -0.15) is 8.42 Å². The Morgan fingerprint density at radius 1 is 0.781 bits per heavy atom. The van der Waals surface area contributed by atoms with Crippen LogP contribution in [0.1, 0.15) is 110 Å². The van der Waals surface area contributed by atoms with Crippen molar-refractivity contribution in [3.63, 3.8) is 0 Å². The number of carbonyl (C=O) groups is 3. The maximum atomic E-state index is 12.2. The van der Waals surface area contributed by atoms with Crippen molar-refractivity contribution >= 4 is 28.0 Å². The summed E-state index contributed by atoms with van der Waals surface area (Å²) < 4.78 is 41.9. The van der Waals surface area contributed by atoms with Crippen LogP contribution in [0.4, 0.5) is 0 Å². The van der Waals surface area contributed by atoms with Gasteiger partial charge in [0.05, 0.1) is 0 Å². The van der Waals surface area contributed by atoms with Crippen LogP contribution in [0.5, 0.6) is 0 Å². The van der Waals surface area contributed by atoms with Crippen molar-refractivity contribution in [1.29, 1.82) is 0 Å². The Bertz CT molecular complexity index is 660. The number of rotatable bonds is 20. The minimum absolute atomic E-state index is 0.121. The summed E-state index contributed by atoms with van der Waals surface area (Å²) >= 11 is 0. The summed E-state index contributed by atoms with van der Waals surface area (Å²) in [7, 11) is -5.31. The van der Waals surface area contributed by atoms with E-state index in [4.69, 9.17) is 9.84 Å². The van der Waals surface area contributed by atoms with E-state index in [1.807, 2.05) is 0 Å². The third-order valence-electron chi connectivity index (χ3n) is 5.18. The lowest BCUT2D eigenvalue weighted by Gasteiger charge is -2.25. The highest BCUT2D eigenvalue weighted by molar-refractivity contribution is 7.88. The van der Waals surface area contributed by atoms with Gasteiger partial charge in [0.15, 0.2) is 0 Å². The lowest BCUT2D eigenvalue weighted by molar-refractivity contribution is -0.174. The van der Waals surface area contributed by atoms with Gasteiger partial charge in [0, 0.05) is 13.0 Å². The Balaban J connectivity index is 4.17. The summed E-state index contributed by atoms with van der Waals surface area (Å²) in [5, 5.41) is 8.91. The number of esters is 2. The third kappa shape index (κ3) is 12.5. The number of carbonyl (C=O) groups excluding carboxylic acids is 2. The molecule has 10 heteroatoms. The summed E-state index contributed by atoms with van der Waals surface area (Å²) in [5.74, 6) is -4.45. The minimum atomic E-state index is -5.31. The van der Waals surface area contributed by atoms with E-state index < -0.39 is 46.0 Å². The van der Waals surface area contributed by atoms with Crippen LogP contribution in [-0.4, -0.2) is 47.5 Å². The maximum absolute atomic E-state index is 12.2. The lowest BCUT2D eigenvalue weighted by Crippen LogP contribution is -2.52. The zero-order valence-electron chi connectivity index (χ0n) is 19.5. The Hall–Kier alpha value is -1.52. The fraction of sp³-hybridized carbons (Fsp3) is 0.864. The number of ether oxygens (including phenoxy) is 2. The highest BCUT2D eigenvalue weighted by atomic mass is 32.2. The fourth-order valence-electron chi connectivity index (χ4n) is 3.40. The van der Waals surface area contributed by atoms with E-state index in [1.165, 1.54) is 58.3 Å². The summed E-state index contributed by atoms with van der Waals surface area (Å²) in [4.78, 5) is 31.9. The molecule has 0 heterocycles. The Morgan fingerprint density at radius 2 is 1.22 bits per heavy atom. The van der Waals surface area contributed by atoms with E-state index in [0.29, 0.717) is 6.42 Å². The van der Waals surface area contributed by atoms with E-state index in [9.17, 15) is 27.4 Å². The molecule has 0 aliphatic heterocycles. The molecule has 1 atom stereocenters. The summed E-state index contributed by atoms with van der Waals surface area (Å²) in [6.45, 7) is 3.13. The lowest BCUT2D eigenvalue weighted by atomic mass is 10.0. The molecule has 32 heavy (non-hydrogen) atoms. The molecule has 0 saturated heterocycles. The molecule has 0 spiro atoms. The van der Waals surface area contributed by atoms with Gasteiger partial charge >= 0.3 is 33.0 Å². The molecule has 0 aromatic heterocycles. The molecule has 2 N–H and O–H groups in total. The first-order valence-corrected chi connectivity index (χ1v) is 13.1. The van der Waals surface area contributed by atoms with E-state index >= 15 is 0 Å². The van der Waals surface area contributed by atoms with Gasteiger partial charge in [-0.3, -0.25) is 14.1 Å². The van der Waals surface area contributed by atoms with Gasteiger partial charge in [-0.1, -0.05) is 84.0 Å². The summed E-state index contributed by atoms with van der Waals surface area (Å²) in [6.07, 6.45) is 13.1. The topological polar surface area (TPSA) is 144 Å². The standard InChI is InChI=1S/C22H40O9S/c1-3-5-6-7-8-9-10-11-12-13-14-15-16-17-20(25)31-21(26)22(30-4-2,18-19(23)24)32(27,28)29/h3-18H2,1-2H3,(H,23,24)(H,27,28,29). The largest absolute Gasteiger partial charge is 0.481 e. The Morgan fingerprint density at radius 3 is 1.59 bits per heavy atom. The number of hydrogen-bond donors (Lipinski definition) is 2. The molecule has 0 aromatic carbocycles. The number of carboxylic acids is 1. The number of unbranched alkanes of at least 4 members (excludes halogenated alkanes) is 12. The molecule has 0 radical (unpaired) electrons. The second-order valence-electron chi connectivity index (χ2n) is 7.99. The summed E-state index contributed by atoms with van der Waals surface area (Å²) in [5.41, 5.74) is 0. The van der Waals surface area contributed by atoms with Gasteiger partial charge in [0.25, 0.3) is 0 Å². The molecule has 0 bridgehead atoms. The smallest absolute Gasteiger partial charge is 0.365 e. The average molecular weight is 481 g/mol. The van der Waals surface area contributed by atoms with Crippen molar-refractivity contribution in [2.75, 3.05) is 6.61 Å². The van der Waals surface area contributed by atoms with Crippen LogP contribution < -0.4 is 0 Å². The monoisotopic (exact) mass is 480 g/mol. The van der Waals surface area contributed by atoms with Crippen LogP contribution in [-0.2, 0) is 34.0 Å². The highest BCUT2D eigenvalue weighted by Crippen LogP contribution is 2.26. The van der Waals surface area contributed by atoms with Crippen molar-refractivity contribution < 1.29 is 41.9 Å². The van der Waals surface area contributed by atoms with Crippen molar-refractivity contribution in [1.82, 2.24) is 0 Å². The van der Waals surface area contributed by atoms with Crippen molar-refractivity contribution in [3.8, 4) is 0 Å². The first-order valence-electron chi connectivity index (χ1n) is 11.7. The van der Waals surface area contributed by atoms with E-state index in [2.05, 4.69) is 11.7 Å². The van der Waals surface area contributed by atoms with E-state index in [0.717, 1.165) is 25.7 Å². The Labute approximate surface area is 192 Å². The first kappa shape index (κ1) is 30.5. The van der Waals surface area contributed by atoms with Gasteiger partial charge in [-0.05, 0) is 13.3 Å². The second-order valence-corrected chi connectivity index (χ2v) is 9.60. The molecule has 0 fully saturated rings. The average Bonchev–Trinajstić information content (AvgIpc) is 2.69.